The van der Waals surface area contributed by atoms with E-state index >= 15 is 0 Å². The molecule has 0 aliphatic rings. The molecule has 0 saturated heterocycles. The van der Waals surface area contributed by atoms with Crippen molar-refractivity contribution in [1.29, 1.82) is 0 Å². The third kappa shape index (κ3) is 3.69. The second kappa shape index (κ2) is 7.02. The first-order valence-electron chi connectivity index (χ1n) is 7.25. The summed E-state index contributed by atoms with van der Waals surface area (Å²) in [5.41, 5.74) is 4.92. The van der Waals surface area contributed by atoms with Crippen LogP contribution in [0.1, 0.15) is 23.6 Å². The van der Waals surface area contributed by atoms with Crippen molar-refractivity contribution in [2.24, 2.45) is 0 Å². The predicted molar refractivity (Wildman–Crippen MR) is 87.4 cm³/mol. The van der Waals surface area contributed by atoms with Crippen LogP contribution in [0.4, 0.5) is 5.69 Å². The summed E-state index contributed by atoms with van der Waals surface area (Å²) in [5.74, 6) is 1.56. The molecule has 0 fully saturated rings. The van der Waals surface area contributed by atoms with Crippen LogP contribution in [0.25, 0.3) is 0 Å². The molecule has 0 amide bonds. The minimum atomic E-state index is 0.629. The Kier molecular flexibility index (Phi) is 5.09. The molecule has 0 radical (unpaired) electrons. The van der Waals surface area contributed by atoms with Gasteiger partial charge < -0.3 is 14.8 Å². The van der Waals surface area contributed by atoms with Crippen LogP contribution < -0.4 is 14.8 Å². The number of rotatable bonds is 6. The molecule has 1 N–H and O–H groups in total. The fourth-order valence-corrected chi connectivity index (χ4v) is 2.24. The average molecular weight is 285 g/mol. The molecular formula is C18H23NO2. The Bertz CT molecular complexity index is 608. The number of hydrogen-bond donors (Lipinski definition) is 1. The molecule has 0 atom stereocenters. The molecular weight excluding hydrogens is 262 g/mol. The second-order valence-corrected chi connectivity index (χ2v) is 5.02. The van der Waals surface area contributed by atoms with Crippen LogP contribution in [0.3, 0.4) is 0 Å². The molecule has 0 aliphatic carbocycles. The van der Waals surface area contributed by atoms with Gasteiger partial charge in [0, 0.05) is 12.2 Å². The van der Waals surface area contributed by atoms with E-state index in [1.165, 1.54) is 22.4 Å². The monoisotopic (exact) mass is 285 g/mol. The molecule has 2 aromatic rings. The van der Waals surface area contributed by atoms with Crippen molar-refractivity contribution in [1.82, 2.24) is 0 Å². The van der Waals surface area contributed by atoms with Crippen LogP contribution in [0, 0.1) is 13.8 Å². The van der Waals surface area contributed by atoms with Crippen LogP contribution in [0.5, 0.6) is 11.5 Å². The molecule has 3 heteroatoms. The lowest BCUT2D eigenvalue weighted by molar-refractivity contribution is 0.310. The summed E-state index contributed by atoms with van der Waals surface area (Å²) in [6.07, 6.45) is 0. The number of benzene rings is 2. The first kappa shape index (κ1) is 15.2. The maximum absolute atomic E-state index is 5.61. The summed E-state index contributed by atoms with van der Waals surface area (Å²) in [4.78, 5) is 0. The summed E-state index contributed by atoms with van der Waals surface area (Å²) in [6, 6.07) is 12.3. The molecule has 2 rings (SSSR count). The van der Waals surface area contributed by atoms with E-state index < -0.39 is 0 Å². The lowest BCUT2D eigenvalue weighted by Crippen LogP contribution is -2.03. The van der Waals surface area contributed by atoms with Gasteiger partial charge in [0.25, 0.3) is 0 Å². The third-order valence-electron chi connectivity index (χ3n) is 3.62. The smallest absolute Gasteiger partial charge is 0.161 e. The fourth-order valence-electron chi connectivity index (χ4n) is 2.24. The van der Waals surface area contributed by atoms with Crippen LogP contribution in [0.15, 0.2) is 36.4 Å². The molecule has 0 heterocycles. The summed E-state index contributed by atoms with van der Waals surface area (Å²) in [7, 11) is 1.66. The number of hydrogen-bond acceptors (Lipinski definition) is 3. The molecule has 0 bridgehead atoms. The molecule has 0 unspecified atom stereocenters. The number of ether oxygens (including phenoxy) is 2. The molecule has 0 saturated carbocycles. The van der Waals surface area contributed by atoms with Gasteiger partial charge in [-0.15, -0.1) is 0 Å². The zero-order valence-electron chi connectivity index (χ0n) is 13.2. The Labute approximate surface area is 126 Å². The summed E-state index contributed by atoms with van der Waals surface area (Å²) in [5, 5.41) is 3.48. The number of anilines is 1. The molecule has 2 aromatic carbocycles. The van der Waals surface area contributed by atoms with E-state index in [1.54, 1.807) is 7.11 Å². The van der Waals surface area contributed by atoms with Gasteiger partial charge in [-0.1, -0.05) is 18.2 Å². The molecule has 0 spiro atoms. The summed E-state index contributed by atoms with van der Waals surface area (Å²) in [6.45, 7) is 7.62. The third-order valence-corrected chi connectivity index (χ3v) is 3.62. The molecule has 3 nitrogen and oxygen atoms in total. The molecule has 0 aromatic heterocycles. The Morgan fingerprint density at radius 1 is 1.05 bits per heavy atom. The molecule has 0 aliphatic heterocycles. The van der Waals surface area contributed by atoms with Crippen LogP contribution in [-0.2, 0) is 6.54 Å². The Hall–Kier alpha value is -2.16. The van der Waals surface area contributed by atoms with Gasteiger partial charge in [0.1, 0.15) is 0 Å². The summed E-state index contributed by atoms with van der Waals surface area (Å²) < 4.78 is 10.9. The van der Waals surface area contributed by atoms with Crippen LogP contribution in [-0.4, -0.2) is 13.7 Å². The Balaban J connectivity index is 2.13. The van der Waals surface area contributed by atoms with Gasteiger partial charge in [-0.25, -0.2) is 0 Å². The van der Waals surface area contributed by atoms with Gasteiger partial charge in [0.05, 0.1) is 13.7 Å². The molecule has 112 valence electrons. The second-order valence-electron chi connectivity index (χ2n) is 5.02. The van der Waals surface area contributed by atoms with Gasteiger partial charge >= 0.3 is 0 Å². The van der Waals surface area contributed by atoms with Crippen molar-refractivity contribution in [2.75, 3.05) is 19.0 Å². The van der Waals surface area contributed by atoms with Crippen molar-refractivity contribution in [3.05, 3.63) is 53.1 Å². The normalized spacial score (nSPS) is 10.3. The maximum atomic E-state index is 5.61. The highest BCUT2D eigenvalue weighted by atomic mass is 16.5. The highest BCUT2D eigenvalue weighted by molar-refractivity contribution is 5.54. The quantitative estimate of drug-likeness (QED) is 0.857. The van der Waals surface area contributed by atoms with Crippen molar-refractivity contribution >= 4 is 5.69 Å². The maximum Gasteiger partial charge on any atom is 0.161 e. The van der Waals surface area contributed by atoms with E-state index in [0.717, 1.165) is 18.0 Å². The first-order chi connectivity index (χ1) is 10.2. The first-order valence-corrected chi connectivity index (χ1v) is 7.25. The van der Waals surface area contributed by atoms with Gasteiger partial charge in [0.15, 0.2) is 11.5 Å². The van der Waals surface area contributed by atoms with Crippen molar-refractivity contribution < 1.29 is 9.47 Å². The van der Waals surface area contributed by atoms with Crippen LogP contribution >= 0.6 is 0 Å². The highest BCUT2D eigenvalue weighted by Crippen LogP contribution is 2.28. The van der Waals surface area contributed by atoms with E-state index in [-0.39, 0.29) is 0 Å². The Morgan fingerprint density at radius 2 is 1.86 bits per heavy atom. The van der Waals surface area contributed by atoms with Crippen molar-refractivity contribution in [3.8, 4) is 11.5 Å². The van der Waals surface area contributed by atoms with E-state index in [0.29, 0.717) is 6.61 Å². The summed E-state index contributed by atoms with van der Waals surface area (Å²) >= 11 is 0. The highest BCUT2D eigenvalue weighted by Gasteiger charge is 2.06. The number of methoxy groups -OCH3 is 1. The SMILES string of the molecule is CCOc1cc(CNc2cccc(C)c2C)ccc1OC. The number of nitrogens with one attached hydrogen (secondary N) is 1. The Morgan fingerprint density at radius 3 is 2.57 bits per heavy atom. The predicted octanol–water partition coefficient (Wildman–Crippen LogP) is 4.32. The van der Waals surface area contributed by atoms with Gasteiger partial charge in [-0.05, 0) is 55.7 Å². The standard InChI is InChI=1S/C18H23NO2/c1-5-21-18-11-15(9-10-17(18)20-4)12-19-16-8-6-7-13(2)14(16)3/h6-11,19H,5,12H2,1-4H3. The van der Waals surface area contributed by atoms with Gasteiger partial charge in [-0.3, -0.25) is 0 Å². The van der Waals surface area contributed by atoms with Crippen molar-refractivity contribution in [3.63, 3.8) is 0 Å². The minimum Gasteiger partial charge on any atom is -0.493 e. The number of aryl methyl sites for hydroxylation is 1. The molecule has 21 heavy (non-hydrogen) atoms. The largest absolute Gasteiger partial charge is 0.493 e. The topological polar surface area (TPSA) is 30.5 Å². The van der Waals surface area contributed by atoms with Gasteiger partial charge in [-0.2, -0.15) is 0 Å². The van der Waals surface area contributed by atoms with E-state index in [2.05, 4.69) is 43.4 Å². The van der Waals surface area contributed by atoms with E-state index in [4.69, 9.17) is 9.47 Å². The fraction of sp³-hybridized carbons (Fsp3) is 0.333. The van der Waals surface area contributed by atoms with E-state index in [9.17, 15) is 0 Å². The lowest BCUT2D eigenvalue weighted by Gasteiger charge is -2.14. The zero-order valence-corrected chi connectivity index (χ0v) is 13.2. The van der Waals surface area contributed by atoms with Gasteiger partial charge in [0.2, 0.25) is 0 Å². The van der Waals surface area contributed by atoms with E-state index in [1.807, 2.05) is 19.1 Å². The van der Waals surface area contributed by atoms with Crippen LogP contribution in [0.2, 0.25) is 0 Å². The average Bonchev–Trinajstić information content (AvgIpc) is 2.49. The lowest BCUT2D eigenvalue weighted by atomic mass is 10.1. The minimum absolute atomic E-state index is 0.629. The van der Waals surface area contributed by atoms with Crippen molar-refractivity contribution in [2.45, 2.75) is 27.3 Å². The zero-order chi connectivity index (χ0) is 15.2.